The lowest BCUT2D eigenvalue weighted by Crippen LogP contribution is -2.22. The summed E-state index contributed by atoms with van der Waals surface area (Å²) < 4.78 is 29.1. The zero-order valence-electron chi connectivity index (χ0n) is 11.9. The van der Waals surface area contributed by atoms with Crippen LogP contribution < -0.4 is 5.32 Å². The van der Waals surface area contributed by atoms with Crippen LogP contribution in [0.15, 0.2) is 40.6 Å². The Hall–Kier alpha value is -1.90. The fourth-order valence-corrected chi connectivity index (χ4v) is 4.42. The number of sulfone groups is 1. The highest BCUT2D eigenvalue weighted by Crippen LogP contribution is 2.26. The first-order chi connectivity index (χ1) is 10.8. The van der Waals surface area contributed by atoms with E-state index >= 15 is 0 Å². The molecule has 0 spiro atoms. The van der Waals surface area contributed by atoms with Crippen molar-refractivity contribution < 1.29 is 22.7 Å². The van der Waals surface area contributed by atoms with Crippen molar-refractivity contribution in [3.05, 3.63) is 46.3 Å². The van der Waals surface area contributed by atoms with E-state index < -0.39 is 27.5 Å². The minimum absolute atomic E-state index is 0.0405. The third-order valence-electron chi connectivity index (χ3n) is 2.77. The van der Waals surface area contributed by atoms with Gasteiger partial charge in [0.15, 0.2) is 9.84 Å². The van der Waals surface area contributed by atoms with E-state index in [4.69, 9.17) is 11.6 Å². The van der Waals surface area contributed by atoms with E-state index in [1.807, 2.05) is 0 Å². The van der Waals surface area contributed by atoms with Gasteiger partial charge in [0.05, 0.1) is 17.0 Å². The second-order valence-corrected chi connectivity index (χ2v) is 8.37. The van der Waals surface area contributed by atoms with Crippen LogP contribution in [0.25, 0.3) is 0 Å². The summed E-state index contributed by atoms with van der Waals surface area (Å²) in [5, 5.41) is 2.46. The van der Waals surface area contributed by atoms with Gasteiger partial charge in [-0.2, -0.15) is 0 Å². The highest BCUT2D eigenvalue weighted by molar-refractivity contribution is 7.94. The second-order valence-electron chi connectivity index (χ2n) is 4.43. The number of carbonyl (C=O) groups is 2. The van der Waals surface area contributed by atoms with Gasteiger partial charge in [0.25, 0.3) is 0 Å². The average molecular weight is 374 g/mol. The molecule has 0 atom stereocenters. The number of anilines is 1. The number of benzene rings is 1. The molecule has 0 unspecified atom stereocenters. The van der Waals surface area contributed by atoms with Crippen LogP contribution in [-0.4, -0.2) is 33.2 Å². The van der Waals surface area contributed by atoms with Crippen molar-refractivity contribution in [1.82, 2.24) is 0 Å². The smallest absolute Gasteiger partial charge is 0.337 e. The second kappa shape index (κ2) is 7.12. The van der Waals surface area contributed by atoms with Crippen LogP contribution in [0.1, 0.15) is 10.4 Å². The molecule has 6 nitrogen and oxygen atoms in total. The van der Waals surface area contributed by atoms with Gasteiger partial charge < -0.3 is 10.1 Å². The molecule has 1 N–H and O–H groups in total. The monoisotopic (exact) mass is 373 g/mol. The van der Waals surface area contributed by atoms with E-state index in [-0.39, 0.29) is 4.21 Å². The van der Waals surface area contributed by atoms with Gasteiger partial charge in [-0.05, 0) is 36.4 Å². The molecule has 0 radical (unpaired) electrons. The molecule has 0 aliphatic rings. The number of halogens is 1. The first-order valence-corrected chi connectivity index (χ1v) is 9.13. The van der Waals surface area contributed by atoms with Crippen molar-refractivity contribution >= 4 is 50.3 Å². The van der Waals surface area contributed by atoms with Gasteiger partial charge in [0, 0.05) is 5.69 Å². The van der Waals surface area contributed by atoms with Crippen molar-refractivity contribution in [3.8, 4) is 0 Å². The number of hydrogen-bond acceptors (Lipinski definition) is 6. The lowest BCUT2D eigenvalue weighted by molar-refractivity contribution is -0.113. The SMILES string of the molecule is COC(=O)c1ccc(NC(=O)CS(=O)(=O)c2ccc(Cl)s2)cc1. The van der Waals surface area contributed by atoms with Crippen molar-refractivity contribution in [1.29, 1.82) is 0 Å². The molecule has 1 amide bonds. The fourth-order valence-electron chi connectivity index (χ4n) is 1.71. The Bertz CT molecular complexity index is 827. The first-order valence-electron chi connectivity index (χ1n) is 6.28. The van der Waals surface area contributed by atoms with Crippen LogP contribution in [0.5, 0.6) is 0 Å². The van der Waals surface area contributed by atoms with Gasteiger partial charge in [0.1, 0.15) is 9.96 Å². The van der Waals surface area contributed by atoms with Crippen molar-refractivity contribution in [2.24, 2.45) is 0 Å². The van der Waals surface area contributed by atoms with Gasteiger partial charge in [0.2, 0.25) is 5.91 Å². The molecule has 122 valence electrons. The molecule has 2 aromatic rings. The summed E-state index contributed by atoms with van der Waals surface area (Å²) in [6.07, 6.45) is 0. The molecular formula is C14H12ClNO5S2. The number of thiophene rings is 1. The summed E-state index contributed by atoms with van der Waals surface area (Å²) in [5.41, 5.74) is 0.702. The number of nitrogens with one attached hydrogen (secondary N) is 1. The molecule has 23 heavy (non-hydrogen) atoms. The Morgan fingerprint density at radius 2 is 1.83 bits per heavy atom. The standard InChI is InChI=1S/C14H12ClNO5S2/c1-21-14(18)9-2-4-10(5-3-9)16-12(17)8-23(19,20)13-7-6-11(15)22-13/h2-7H,8H2,1H3,(H,16,17). The molecule has 1 heterocycles. The molecule has 0 aliphatic heterocycles. The Kier molecular flexibility index (Phi) is 5.40. The van der Waals surface area contributed by atoms with Crippen LogP contribution in [-0.2, 0) is 19.4 Å². The topological polar surface area (TPSA) is 89.5 Å². The maximum absolute atomic E-state index is 12.1. The van der Waals surface area contributed by atoms with E-state index in [9.17, 15) is 18.0 Å². The van der Waals surface area contributed by atoms with Gasteiger partial charge in [-0.1, -0.05) is 11.6 Å². The average Bonchev–Trinajstić information content (AvgIpc) is 2.94. The molecule has 1 aromatic heterocycles. The normalized spacial score (nSPS) is 11.0. The molecule has 0 fully saturated rings. The maximum atomic E-state index is 12.1. The van der Waals surface area contributed by atoms with Crippen LogP contribution in [0.3, 0.4) is 0 Å². The number of rotatable bonds is 5. The first kappa shape index (κ1) is 17.5. The number of ether oxygens (including phenoxy) is 1. The van der Waals surface area contributed by atoms with Crippen LogP contribution >= 0.6 is 22.9 Å². The predicted molar refractivity (Wildman–Crippen MR) is 87.8 cm³/mol. The third kappa shape index (κ3) is 4.54. The van der Waals surface area contributed by atoms with Crippen LogP contribution in [0.2, 0.25) is 4.34 Å². The zero-order chi connectivity index (χ0) is 17.0. The van der Waals surface area contributed by atoms with E-state index in [1.54, 1.807) is 0 Å². The van der Waals surface area contributed by atoms with Gasteiger partial charge in [-0.15, -0.1) is 11.3 Å². The van der Waals surface area contributed by atoms with E-state index in [2.05, 4.69) is 10.1 Å². The lowest BCUT2D eigenvalue weighted by Gasteiger charge is -2.06. The van der Waals surface area contributed by atoms with Crippen molar-refractivity contribution in [3.63, 3.8) is 0 Å². The molecule has 0 aliphatic carbocycles. The summed E-state index contributed by atoms with van der Waals surface area (Å²) in [7, 11) is -2.47. The van der Waals surface area contributed by atoms with Gasteiger partial charge in [-0.25, -0.2) is 13.2 Å². The highest BCUT2D eigenvalue weighted by Gasteiger charge is 2.21. The molecular weight excluding hydrogens is 362 g/mol. The summed E-state index contributed by atoms with van der Waals surface area (Å²) >= 11 is 6.60. The molecule has 0 saturated carbocycles. The Balaban J connectivity index is 2.03. The quantitative estimate of drug-likeness (QED) is 0.813. The zero-order valence-corrected chi connectivity index (χ0v) is 14.3. The van der Waals surface area contributed by atoms with Crippen LogP contribution in [0.4, 0.5) is 5.69 Å². The number of carbonyl (C=O) groups excluding carboxylic acids is 2. The fraction of sp³-hybridized carbons (Fsp3) is 0.143. The molecule has 9 heteroatoms. The summed E-state index contributed by atoms with van der Waals surface area (Å²) in [6.45, 7) is 0. The minimum atomic E-state index is -3.74. The van der Waals surface area contributed by atoms with Crippen LogP contribution in [0, 0.1) is 0 Å². The van der Waals surface area contributed by atoms with Crippen molar-refractivity contribution in [2.75, 3.05) is 18.2 Å². The Labute approximate surface area is 142 Å². The number of esters is 1. The molecule has 0 bridgehead atoms. The Morgan fingerprint density at radius 1 is 1.17 bits per heavy atom. The maximum Gasteiger partial charge on any atom is 0.337 e. The van der Waals surface area contributed by atoms with E-state index in [0.29, 0.717) is 15.6 Å². The molecule has 0 saturated heterocycles. The minimum Gasteiger partial charge on any atom is -0.465 e. The number of amides is 1. The lowest BCUT2D eigenvalue weighted by atomic mass is 10.2. The van der Waals surface area contributed by atoms with E-state index in [0.717, 1.165) is 11.3 Å². The third-order valence-corrected chi connectivity index (χ3v) is 6.19. The number of hydrogen-bond donors (Lipinski definition) is 1. The summed E-state index contributed by atoms with van der Waals surface area (Å²) in [4.78, 5) is 23.2. The van der Waals surface area contributed by atoms with Crippen molar-refractivity contribution in [2.45, 2.75) is 4.21 Å². The Morgan fingerprint density at radius 3 is 2.35 bits per heavy atom. The number of methoxy groups -OCH3 is 1. The predicted octanol–water partition coefficient (Wildman–Crippen LogP) is 2.60. The largest absolute Gasteiger partial charge is 0.465 e. The summed E-state index contributed by atoms with van der Waals surface area (Å²) in [5.74, 6) is -1.87. The van der Waals surface area contributed by atoms with E-state index in [1.165, 1.54) is 43.5 Å². The highest BCUT2D eigenvalue weighted by atomic mass is 35.5. The van der Waals surface area contributed by atoms with Gasteiger partial charge >= 0.3 is 5.97 Å². The van der Waals surface area contributed by atoms with Gasteiger partial charge in [-0.3, -0.25) is 4.79 Å². The summed E-state index contributed by atoms with van der Waals surface area (Å²) in [6, 6.07) is 8.73. The molecule has 2 rings (SSSR count). The molecule has 1 aromatic carbocycles.